The van der Waals surface area contributed by atoms with Gasteiger partial charge in [0.25, 0.3) is 11.8 Å². The molecular weight excluding hydrogens is 474 g/mol. The van der Waals surface area contributed by atoms with Crippen LogP contribution >= 0.6 is 0 Å². The number of anilines is 3. The van der Waals surface area contributed by atoms with Crippen molar-refractivity contribution in [2.45, 2.75) is 38.5 Å². The van der Waals surface area contributed by atoms with Gasteiger partial charge in [0.1, 0.15) is 17.2 Å². The Balaban J connectivity index is 1.51. The highest BCUT2D eigenvalue weighted by Crippen LogP contribution is 2.33. The zero-order chi connectivity index (χ0) is 26.2. The van der Waals surface area contributed by atoms with Crippen molar-refractivity contribution in [3.05, 3.63) is 77.4 Å². The number of aliphatic hydroxyl groups excluding tert-OH is 1. The number of nitrogens with one attached hydrogen (secondary N) is 3. The van der Waals surface area contributed by atoms with E-state index in [4.69, 9.17) is 4.52 Å². The number of hydrogen-bond donors (Lipinski definition) is 5. The summed E-state index contributed by atoms with van der Waals surface area (Å²) in [5, 5.41) is 33.7. The Kier molecular flexibility index (Phi) is 6.32. The Labute approximate surface area is 213 Å². The van der Waals surface area contributed by atoms with E-state index < -0.39 is 11.6 Å². The highest BCUT2D eigenvalue weighted by Gasteiger charge is 2.28. The lowest BCUT2D eigenvalue weighted by molar-refractivity contribution is 0.0661. The fraction of sp³-hybridized carbons (Fsp3) is 0.269. The summed E-state index contributed by atoms with van der Waals surface area (Å²) in [5.74, 6) is 1.15. The molecule has 0 saturated carbocycles. The lowest BCUT2D eigenvalue weighted by Crippen LogP contribution is -2.17. The van der Waals surface area contributed by atoms with Crippen molar-refractivity contribution in [1.82, 2.24) is 25.4 Å². The van der Waals surface area contributed by atoms with E-state index in [1.807, 2.05) is 37.3 Å². The number of carbonyl (C=O) groups is 1. The molecule has 0 bridgehead atoms. The van der Waals surface area contributed by atoms with Crippen LogP contribution in [0.5, 0.6) is 0 Å². The molecule has 1 unspecified atom stereocenters. The van der Waals surface area contributed by atoms with E-state index in [2.05, 4.69) is 36.1 Å². The predicted octanol–water partition coefficient (Wildman–Crippen LogP) is 3.45. The molecular formula is C26H27N7O4. The number of benzene rings is 1. The third-order valence-electron chi connectivity index (χ3n) is 6.01. The van der Waals surface area contributed by atoms with E-state index in [1.54, 1.807) is 38.2 Å². The van der Waals surface area contributed by atoms with E-state index in [0.717, 1.165) is 5.56 Å². The van der Waals surface area contributed by atoms with Gasteiger partial charge in [-0.25, -0.2) is 9.97 Å². The number of nitrogens with zero attached hydrogens (tertiary/aromatic N) is 4. The molecule has 4 aromatic rings. The average Bonchev–Trinajstić information content (AvgIpc) is 3.48. The van der Waals surface area contributed by atoms with Crippen molar-refractivity contribution in [2.24, 2.45) is 0 Å². The van der Waals surface area contributed by atoms with Crippen molar-refractivity contribution < 1.29 is 19.5 Å². The van der Waals surface area contributed by atoms with Crippen LogP contribution in [0.3, 0.4) is 0 Å². The van der Waals surface area contributed by atoms with Gasteiger partial charge in [0.05, 0.1) is 41.2 Å². The van der Waals surface area contributed by atoms with Crippen LogP contribution in [0.4, 0.5) is 17.3 Å². The minimum absolute atomic E-state index is 0.136. The molecule has 0 spiro atoms. The van der Waals surface area contributed by atoms with E-state index in [9.17, 15) is 15.0 Å². The molecule has 190 valence electrons. The molecule has 1 amide bonds. The lowest BCUT2D eigenvalue weighted by atomic mass is 10.1. The molecule has 11 heteroatoms. The Morgan fingerprint density at radius 2 is 1.89 bits per heavy atom. The number of aliphatic hydroxyl groups is 2. The first kappa shape index (κ1) is 24.3. The van der Waals surface area contributed by atoms with E-state index in [0.29, 0.717) is 34.1 Å². The summed E-state index contributed by atoms with van der Waals surface area (Å²) in [6, 6.07) is 14.1. The fourth-order valence-corrected chi connectivity index (χ4v) is 4.04. The molecule has 0 radical (unpaired) electrons. The standard InChI is InChI=1S/C26H27N7O4/c1-14-22-16(23(35)28-14)9-10-20(31-22)30-21-11-18(29-19(13-34)15-7-5-4-6-8-15)17(12-27-21)24-32-25(33-37-24)26(2,3)36/h4-12,14,19,34,36H,13H2,1-3H3,(H,28,35)(H2,27,29,30,31)/t14?,19-/m1/s1. The first-order valence-electron chi connectivity index (χ1n) is 11.8. The zero-order valence-corrected chi connectivity index (χ0v) is 20.6. The second-order valence-corrected chi connectivity index (χ2v) is 9.34. The van der Waals surface area contributed by atoms with Crippen molar-refractivity contribution in [3.8, 4) is 11.5 Å². The van der Waals surface area contributed by atoms with Crippen LogP contribution < -0.4 is 16.0 Å². The maximum atomic E-state index is 12.0. The van der Waals surface area contributed by atoms with Gasteiger partial charge in [0.15, 0.2) is 0 Å². The second kappa shape index (κ2) is 9.60. The largest absolute Gasteiger partial charge is 0.394 e. The van der Waals surface area contributed by atoms with E-state index in [1.165, 1.54) is 0 Å². The summed E-state index contributed by atoms with van der Waals surface area (Å²) in [6.45, 7) is 4.84. The number of carbonyl (C=O) groups excluding carboxylic acids is 1. The van der Waals surface area contributed by atoms with Crippen molar-refractivity contribution in [2.75, 3.05) is 17.2 Å². The van der Waals surface area contributed by atoms with Crippen molar-refractivity contribution in [1.29, 1.82) is 0 Å². The zero-order valence-electron chi connectivity index (χ0n) is 20.6. The number of fused-ring (bicyclic) bond motifs is 1. The number of amides is 1. The minimum Gasteiger partial charge on any atom is -0.394 e. The first-order chi connectivity index (χ1) is 17.7. The number of rotatable bonds is 8. The second-order valence-electron chi connectivity index (χ2n) is 9.34. The molecule has 0 aliphatic carbocycles. The molecule has 5 N–H and O–H groups in total. The summed E-state index contributed by atoms with van der Waals surface area (Å²) in [5.41, 5.74) is 1.88. The fourth-order valence-electron chi connectivity index (χ4n) is 4.04. The summed E-state index contributed by atoms with van der Waals surface area (Å²) >= 11 is 0. The van der Waals surface area contributed by atoms with Gasteiger partial charge >= 0.3 is 0 Å². The lowest BCUT2D eigenvalue weighted by Gasteiger charge is -2.20. The first-order valence-corrected chi connectivity index (χ1v) is 11.8. The highest BCUT2D eigenvalue weighted by atomic mass is 16.5. The van der Waals surface area contributed by atoms with Gasteiger partial charge in [-0.1, -0.05) is 35.5 Å². The summed E-state index contributed by atoms with van der Waals surface area (Å²) in [4.78, 5) is 25.4. The third-order valence-corrected chi connectivity index (χ3v) is 6.01. The number of pyridine rings is 2. The molecule has 3 aromatic heterocycles. The van der Waals surface area contributed by atoms with Gasteiger partial charge in [-0.2, -0.15) is 4.98 Å². The molecule has 5 rings (SSSR count). The summed E-state index contributed by atoms with van der Waals surface area (Å²) in [6.07, 6.45) is 1.56. The van der Waals surface area contributed by atoms with Gasteiger partial charge < -0.3 is 30.7 Å². The summed E-state index contributed by atoms with van der Waals surface area (Å²) < 4.78 is 5.43. The van der Waals surface area contributed by atoms with Gasteiger partial charge in [0.2, 0.25) is 5.82 Å². The molecule has 37 heavy (non-hydrogen) atoms. The summed E-state index contributed by atoms with van der Waals surface area (Å²) in [7, 11) is 0. The quantitative estimate of drug-likeness (QED) is 0.242. The van der Waals surface area contributed by atoms with Crippen molar-refractivity contribution in [3.63, 3.8) is 0 Å². The van der Waals surface area contributed by atoms with Crippen LogP contribution in [0.15, 0.2) is 59.3 Å². The number of aromatic nitrogens is 4. The molecule has 2 atom stereocenters. The molecule has 4 heterocycles. The smallest absolute Gasteiger partial charge is 0.261 e. The monoisotopic (exact) mass is 501 g/mol. The van der Waals surface area contributed by atoms with Crippen LogP contribution in [0, 0.1) is 0 Å². The third kappa shape index (κ3) is 4.99. The Morgan fingerprint density at radius 3 is 2.59 bits per heavy atom. The molecule has 1 aliphatic heterocycles. The molecule has 1 aliphatic rings. The van der Waals surface area contributed by atoms with Crippen LogP contribution in [0.1, 0.15) is 60.3 Å². The maximum absolute atomic E-state index is 12.0. The van der Waals surface area contributed by atoms with Crippen molar-refractivity contribution >= 4 is 23.2 Å². The molecule has 1 aromatic carbocycles. The normalized spacial score (nSPS) is 15.7. The molecule has 11 nitrogen and oxygen atoms in total. The van der Waals surface area contributed by atoms with Crippen LogP contribution in [0.25, 0.3) is 11.5 Å². The SMILES string of the molecule is CC1NC(=O)c2ccc(Nc3cc(N[C@H](CO)c4ccccc4)c(-c4nc(C(C)(C)O)no4)cn3)nc21. The topological polar surface area (TPSA) is 158 Å². The van der Waals surface area contributed by atoms with Crippen LogP contribution in [0.2, 0.25) is 0 Å². The van der Waals surface area contributed by atoms with Gasteiger partial charge in [0, 0.05) is 12.3 Å². The van der Waals surface area contributed by atoms with Crippen LogP contribution in [-0.2, 0) is 5.60 Å². The number of hydrogen-bond acceptors (Lipinski definition) is 10. The van der Waals surface area contributed by atoms with Gasteiger partial charge in [-0.15, -0.1) is 0 Å². The Hall–Kier alpha value is -4.35. The maximum Gasteiger partial charge on any atom is 0.261 e. The highest BCUT2D eigenvalue weighted by molar-refractivity contribution is 5.98. The minimum atomic E-state index is -1.28. The van der Waals surface area contributed by atoms with Gasteiger partial charge in [-0.3, -0.25) is 4.79 Å². The average molecular weight is 502 g/mol. The Bertz CT molecular complexity index is 1430. The predicted molar refractivity (Wildman–Crippen MR) is 136 cm³/mol. The van der Waals surface area contributed by atoms with Gasteiger partial charge in [-0.05, 0) is 38.5 Å². The molecule has 0 saturated heterocycles. The Morgan fingerprint density at radius 1 is 1.11 bits per heavy atom. The van der Waals surface area contributed by atoms with Crippen LogP contribution in [-0.4, -0.2) is 42.8 Å². The van der Waals surface area contributed by atoms with E-state index >= 15 is 0 Å². The molecule has 0 fully saturated rings. The van der Waals surface area contributed by atoms with E-state index in [-0.39, 0.29) is 30.3 Å².